The molecule has 2 N–H and O–H groups in total. The lowest BCUT2D eigenvalue weighted by Gasteiger charge is -2.10. The highest BCUT2D eigenvalue weighted by molar-refractivity contribution is 6.01. The number of rotatable bonds is 7. The average molecular weight is 356 g/mol. The summed E-state index contributed by atoms with van der Waals surface area (Å²) in [6.45, 7) is 0. The Morgan fingerprint density at radius 2 is 1.38 bits per heavy atom. The molecule has 0 radical (unpaired) electrons. The van der Waals surface area contributed by atoms with Gasteiger partial charge in [0.2, 0.25) is 0 Å². The van der Waals surface area contributed by atoms with Crippen LogP contribution in [-0.4, -0.2) is 33.2 Å². The number of carbonyl (C=O) groups excluding carboxylic acids is 2. The molecule has 2 rings (SSSR count). The standard InChI is InChI=1S/C19H20N2O5/c1-24-15-8-4-13(5-9-15)18(22)21-17(19(23)26-3)12-20-14-6-10-16(25-2)11-7-14/h4-12,20H,1-3H3,(H,21,22)/b17-12-. The van der Waals surface area contributed by atoms with Crippen LogP contribution in [0.2, 0.25) is 0 Å². The summed E-state index contributed by atoms with van der Waals surface area (Å²) in [5, 5.41) is 5.47. The minimum absolute atomic E-state index is 0.0239. The number of amides is 1. The van der Waals surface area contributed by atoms with Crippen molar-refractivity contribution in [1.29, 1.82) is 0 Å². The zero-order chi connectivity index (χ0) is 18.9. The van der Waals surface area contributed by atoms with Gasteiger partial charge in [-0.3, -0.25) is 4.79 Å². The Kier molecular flexibility index (Phi) is 6.61. The van der Waals surface area contributed by atoms with Gasteiger partial charge in [-0.25, -0.2) is 4.79 Å². The molecule has 2 aromatic carbocycles. The third kappa shape index (κ3) is 5.01. The maximum Gasteiger partial charge on any atom is 0.356 e. The van der Waals surface area contributed by atoms with Crippen molar-refractivity contribution >= 4 is 17.6 Å². The number of hydrogen-bond donors (Lipinski definition) is 2. The van der Waals surface area contributed by atoms with Gasteiger partial charge in [-0.15, -0.1) is 0 Å². The summed E-state index contributed by atoms with van der Waals surface area (Å²) >= 11 is 0. The molecule has 0 spiro atoms. The summed E-state index contributed by atoms with van der Waals surface area (Å²) in [5.74, 6) is 0.223. The maximum atomic E-state index is 12.3. The van der Waals surface area contributed by atoms with Crippen LogP contribution in [0.25, 0.3) is 0 Å². The van der Waals surface area contributed by atoms with E-state index >= 15 is 0 Å². The van der Waals surface area contributed by atoms with Crippen molar-refractivity contribution < 1.29 is 23.8 Å². The highest BCUT2D eigenvalue weighted by Crippen LogP contribution is 2.15. The Hall–Kier alpha value is -3.48. The number of hydrogen-bond acceptors (Lipinski definition) is 6. The van der Waals surface area contributed by atoms with Crippen molar-refractivity contribution in [2.75, 3.05) is 26.6 Å². The second kappa shape index (κ2) is 9.12. The van der Waals surface area contributed by atoms with E-state index in [4.69, 9.17) is 14.2 Å². The molecule has 2 aromatic rings. The van der Waals surface area contributed by atoms with Crippen LogP contribution < -0.4 is 20.1 Å². The molecule has 0 aliphatic carbocycles. The Bertz CT molecular complexity index is 783. The molecule has 0 fully saturated rings. The predicted molar refractivity (Wildman–Crippen MR) is 97.2 cm³/mol. The Morgan fingerprint density at radius 3 is 1.88 bits per heavy atom. The minimum atomic E-state index is -0.673. The molecule has 0 heterocycles. The van der Waals surface area contributed by atoms with Gasteiger partial charge < -0.3 is 24.8 Å². The van der Waals surface area contributed by atoms with Crippen molar-refractivity contribution in [3.05, 3.63) is 66.0 Å². The van der Waals surface area contributed by atoms with Crippen LogP contribution in [0.1, 0.15) is 10.4 Å². The number of ether oxygens (including phenoxy) is 3. The van der Waals surface area contributed by atoms with Crippen molar-refractivity contribution in [3.63, 3.8) is 0 Å². The van der Waals surface area contributed by atoms with Crippen LogP contribution in [0.3, 0.4) is 0 Å². The van der Waals surface area contributed by atoms with Crippen LogP contribution in [0, 0.1) is 0 Å². The molecular weight excluding hydrogens is 336 g/mol. The van der Waals surface area contributed by atoms with E-state index in [-0.39, 0.29) is 5.70 Å². The van der Waals surface area contributed by atoms with Gasteiger partial charge in [-0.1, -0.05) is 0 Å². The lowest BCUT2D eigenvalue weighted by molar-refractivity contribution is -0.136. The fourth-order valence-electron chi connectivity index (χ4n) is 2.04. The first-order chi connectivity index (χ1) is 12.6. The van der Waals surface area contributed by atoms with Crippen LogP contribution in [0.5, 0.6) is 11.5 Å². The SMILES string of the molecule is COC(=O)/C(=C/Nc1ccc(OC)cc1)NC(=O)c1ccc(OC)cc1. The molecule has 0 aliphatic heterocycles. The van der Waals surface area contributed by atoms with Crippen molar-refractivity contribution in [1.82, 2.24) is 5.32 Å². The van der Waals surface area contributed by atoms with E-state index in [9.17, 15) is 9.59 Å². The molecule has 136 valence electrons. The van der Waals surface area contributed by atoms with Gasteiger partial charge in [0.1, 0.15) is 17.2 Å². The minimum Gasteiger partial charge on any atom is -0.497 e. The van der Waals surface area contributed by atoms with Crippen molar-refractivity contribution in [2.24, 2.45) is 0 Å². The number of methoxy groups -OCH3 is 3. The fourth-order valence-corrected chi connectivity index (χ4v) is 2.04. The topological polar surface area (TPSA) is 85.9 Å². The number of nitrogens with one attached hydrogen (secondary N) is 2. The largest absolute Gasteiger partial charge is 0.497 e. The highest BCUT2D eigenvalue weighted by atomic mass is 16.5. The molecule has 0 unspecified atom stereocenters. The van der Waals surface area contributed by atoms with E-state index in [1.54, 1.807) is 55.6 Å². The summed E-state index contributed by atoms with van der Waals surface area (Å²) in [5.41, 5.74) is 1.07. The molecule has 7 heteroatoms. The second-order valence-corrected chi connectivity index (χ2v) is 5.11. The molecule has 26 heavy (non-hydrogen) atoms. The first kappa shape index (κ1) is 18.9. The van der Waals surface area contributed by atoms with Crippen molar-refractivity contribution in [3.8, 4) is 11.5 Å². The Morgan fingerprint density at radius 1 is 0.846 bits per heavy atom. The van der Waals surface area contributed by atoms with E-state index in [0.717, 1.165) is 0 Å². The number of carbonyl (C=O) groups is 2. The van der Waals surface area contributed by atoms with Gasteiger partial charge in [0.25, 0.3) is 5.91 Å². The predicted octanol–water partition coefficient (Wildman–Crippen LogP) is 2.56. The molecule has 0 saturated carbocycles. The number of esters is 1. The monoisotopic (exact) mass is 356 g/mol. The first-order valence-electron chi connectivity index (χ1n) is 7.72. The number of benzene rings is 2. The maximum absolute atomic E-state index is 12.3. The third-order valence-corrected chi connectivity index (χ3v) is 3.48. The van der Waals surface area contributed by atoms with E-state index in [1.807, 2.05) is 0 Å². The molecule has 1 amide bonds. The lowest BCUT2D eigenvalue weighted by atomic mass is 10.2. The van der Waals surface area contributed by atoms with E-state index in [2.05, 4.69) is 10.6 Å². The van der Waals surface area contributed by atoms with Crippen LogP contribution >= 0.6 is 0 Å². The van der Waals surface area contributed by atoms with Gasteiger partial charge in [-0.05, 0) is 48.5 Å². The smallest absolute Gasteiger partial charge is 0.356 e. The summed E-state index contributed by atoms with van der Waals surface area (Å²) in [4.78, 5) is 24.2. The fraction of sp³-hybridized carbons (Fsp3) is 0.158. The highest BCUT2D eigenvalue weighted by Gasteiger charge is 2.15. The molecule has 0 atom stereocenters. The lowest BCUT2D eigenvalue weighted by Crippen LogP contribution is -2.28. The quantitative estimate of drug-likeness (QED) is 0.586. The normalized spacial score (nSPS) is 10.7. The summed E-state index contributed by atoms with van der Waals surface area (Å²) in [7, 11) is 4.35. The second-order valence-electron chi connectivity index (χ2n) is 5.11. The van der Waals surface area contributed by atoms with Crippen LogP contribution in [-0.2, 0) is 9.53 Å². The van der Waals surface area contributed by atoms with E-state index in [0.29, 0.717) is 22.7 Å². The average Bonchev–Trinajstić information content (AvgIpc) is 2.70. The van der Waals surface area contributed by atoms with Gasteiger partial charge in [0.05, 0.1) is 21.3 Å². The van der Waals surface area contributed by atoms with Crippen LogP contribution in [0.15, 0.2) is 60.4 Å². The van der Waals surface area contributed by atoms with Gasteiger partial charge in [-0.2, -0.15) is 0 Å². The summed E-state index contributed by atoms with van der Waals surface area (Å²) in [6, 6.07) is 13.6. The molecule has 0 saturated heterocycles. The third-order valence-electron chi connectivity index (χ3n) is 3.48. The zero-order valence-electron chi connectivity index (χ0n) is 14.7. The van der Waals surface area contributed by atoms with Crippen molar-refractivity contribution in [2.45, 2.75) is 0 Å². The van der Waals surface area contributed by atoms with Crippen LogP contribution in [0.4, 0.5) is 5.69 Å². The van der Waals surface area contributed by atoms with Gasteiger partial charge in [0.15, 0.2) is 0 Å². The van der Waals surface area contributed by atoms with Gasteiger partial charge in [0, 0.05) is 17.5 Å². The number of anilines is 1. The molecular formula is C19H20N2O5. The molecule has 7 nitrogen and oxygen atoms in total. The molecule has 0 bridgehead atoms. The molecule has 0 aromatic heterocycles. The van der Waals surface area contributed by atoms with Gasteiger partial charge >= 0.3 is 5.97 Å². The summed E-state index contributed by atoms with van der Waals surface area (Å²) in [6.07, 6.45) is 1.37. The zero-order valence-corrected chi connectivity index (χ0v) is 14.7. The van der Waals surface area contributed by atoms with E-state index < -0.39 is 11.9 Å². The molecule has 0 aliphatic rings. The summed E-state index contributed by atoms with van der Waals surface area (Å²) < 4.78 is 14.8. The Balaban J connectivity index is 2.12. The first-order valence-corrected chi connectivity index (χ1v) is 7.72. The Labute approximate surface area is 151 Å². The van der Waals surface area contributed by atoms with E-state index in [1.165, 1.54) is 20.4 Å².